The molecule has 0 radical (unpaired) electrons. The highest BCUT2D eigenvalue weighted by molar-refractivity contribution is 7.14. The molecular formula is C6H9NOS. The van der Waals surface area contributed by atoms with Crippen LogP contribution in [0.3, 0.4) is 0 Å². The van der Waals surface area contributed by atoms with Crippen LogP contribution in [0.25, 0.3) is 0 Å². The van der Waals surface area contributed by atoms with Gasteiger partial charge < -0.3 is 10.8 Å². The maximum Gasteiger partial charge on any atom is 0.0860 e. The Bertz CT molecular complexity index is 195. The third-order valence-corrected chi connectivity index (χ3v) is 1.90. The van der Waals surface area contributed by atoms with Gasteiger partial charge in [0.2, 0.25) is 0 Å². The summed E-state index contributed by atoms with van der Waals surface area (Å²) in [5.41, 5.74) is 6.32. The maximum atomic E-state index is 8.99. The molecule has 0 aromatic carbocycles. The van der Waals surface area contributed by atoms with Gasteiger partial charge in [0.25, 0.3) is 0 Å². The average Bonchev–Trinajstić information content (AvgIpc) is 2.14. The van der Waals surface area contributed by atoms with Crippen LogP contribution < -0.4 is 5.73 Å². The van der Waals surface area contributed by atoms with E-state index in [0.29, 0.717) is 0 Å². The van der Waals surface area contributed by atoms with Gasteiger partial charge in [-0.2, -0.15) is 0 Å². The Morgan fingerprint density at radius 1 is 1.78 bits per heavy atom. The lowest BCUT2D eigenvalue weighted by atomic mass is 10.2. The highest BCUT2D eigenvalue weighted by Gasteiger charge is 2.00. The van der Waals surface area contributed by atoms with Crippen molar-refractivity contribution in [3.63, 3.8) is 0 Å². The van der Waals surface area contributed by atoms with E-state index in [1.807, 2.05) is 5.38 Å². The van der Waals surface area contributed by atoms with Gasteiger partial charge in [-0.05, 0) is 23.9 Å². The van der Waals surface area contributed by atoms with Crippen LogP contribution in [0.4, 0.5) is 5.00 Å². The molecule has 0 saturated heterocycles. The Hall–Kier alpha value is -0.540. The Balaban J connectivity index is 2.85. The number of nitrogen functional groups attached to an aromatic ring is 1. The molecule has 3 N–H and O–H groups in total. The van der Waals surface area contributed by atoms with E-state index in [4.69, 9.17) is 10.8 Å². The molecule has 1 rings (SSSR count). The van der Waals surface area contributed by atoms with Crippen molar-refractivity contribution in [1.82, 2.24) is 0 Å². The van der Waals surface area contributed by atoms with Crippen LogP contribution in [0.2, 0.25) is 0 Å². The molecule has 0 spiro atoms. The standard InChI is InChI=1S/C6H9NOS/c1-4(8)5-2-6(7)9-3-5/h2-4,8H,7H2,1H3. The summed E-state index contributed by atoms with van der Waals surface area (Å²) in [5, 5.41) is 11.6. The first-order valence-electron chi connectivity index (χ1n) is 2.72. The summed E-state index contributed by atoms with van der Waals surface area (Å²) >= 11 is 1.45. The number of hydrogen-bond donors (Lipinski definition) is 2. The predicted octanol–water partition coefficient (Wildman–Crippen LogP) is 1.38. The Morgan fingerprint density at radius 3 is 2.67 bits per heavy atom. The van der Waals surface area contributed by atoms with Crippen LogP contribution in [-0.2, 0) is 0 Å². The molecule has 50 valence electrons. The van der Waals surface area contributed by atoms with E-state index >= 15 is 0 Å². The van der Waals surface area contributed by atoms with Gasteiger partial charge in [0, 0.05) is 0 Å². The normalized spacial score (nSPS) is 13.6. The molecule has 1 heterocycles. The fourth-order valence-electron chi connectivity index (χ4n) is 0.587. The number of nitrogens with two attached hydrogens (primary N) is 1. The van der Waals surface area contributed by atoms with Crippen molar-refractivity contribution in [2.45, 2.75) is 13.0 Å². The molecule has 1 aromatic heterocycles. The summed E-state index contributed by atoms with van der Waals surface area (Å²) in [7, 11) is 0. The van der Waals surface area contributed by atoms with Crippen LogP contribution in [0, 0.1) is 0 Å². The average molecular weight is 143 g/mol. The molecule has 1 atom stereocenters. The Labute approximate surface area is 57.9 Å². The lowest BCUT2D eigenvalue weighted by Crippen LogP contribution is -1.86. The summed E-state index contributed by atoms with van der Waals surface area (Å²) in [6.45, 7) is 1.72. The summed E-state index contributed by atoms with van der Waals surface area (Å²) in [6, 6.07) is 1.79. The van der Waals surface area contributed by atoms with Crippen molar-refractivity contribution >= 4 is 16.3 Å². The first kappa shape index (κ1) is 6.58. The number of rotatable bonds is 1. The van der Waals surface area contributed by atoms with Crippen LogP contribution in [0.1, 0.15) is 18.6 Å². The third kappa shape index (κ3) is 1.43. The van der Waals surface area contributed by atoms with Crippen LogP contribution >= 0.6 is 11.3 Å². The molecule has 0 bridgehead atoms. The fraction of sp³-hybridized carbons (Fsp3) is 0.333. The van der Waals surface area contributed by atoms with E-state index in [0.717, 1.165) is 10.6 Å². The van der Waals surface area contributed by atoms with Crippen molar-refractivity contribution in [3.05, 3.63) is 17.0 Å². The molecule has 0 aliphatic carbocycles. The van der Waals surface area contributed by atoms with Gasteiger partial charge in [0.15, 0.2) is 0 Å². The van der Waals surface area contributed by atoms with Crippen LogP contribution in [-0.4, -0.2) is 5.11 Å². The lowest BCUT2D eigenvalue weighted by Gasteiger charge is -1.95. The second kappa shape index (κ2) is 2.37. The fourth-order valence-corrected chi connectivity index (χ4v) is 1.33. The zero-order valence-electron chi connectivity index (χ0n) is 5.16. The summed E-state index contributed by atoms with van der Waals surface area (Å²) in [6.07, 6.45) is -0.390. The molecule has 0 aliphatic heterocycles. The van der Waals surface area contributed by atoms with Crippen molar-refractivity contribution < 1.29 is 5.11 Å². The highest BCUT2D eigenvalue weighted by Crippen LogP contribution is 2.21. The van der Waals surface area contributed by atoms with Crippen molar-refractivity contribution in [2.24, 2.45) is 0 Å². The van der Waals surface area contributed by atoms with Crippen LogP contribution in [0.15, 0.2) is 11.4 Å². The van der Waals surface area contributed by atoms with Gasteiger partial charge in [-0.15, -0.1) is 11.3 Å². The second-order valence-corrected chi connectivity index (χ2v) is 2.90. The van der Waals surface area contributed by atoms with E-state index in [9.17, 15) is 0 Å². The van der Waals surface area contributed by atoms with Crippen molar-refractivity contribution in [3.8, 4) is 0 Å². The topological polar surface area (TPSA) is 46.2 Å². The molecule has 1 aromatic rings. The molecule has 3 heteroatoms. The minimum absolute atomic E-state index is 0.390. The molecule has 0 amide bonds. The SMILES string of the molecule is CC(O)c1csc(N)c1. The zero-order valence-corrected chi connectivity index (χ0v) is 5.98. The maximum absolute atomic E-state index is 8.99. The second-order valence-electron chi connectivity index (χ2n) is 1.96. The molecule has 0 aliphatic rings. The van der Waals surface area contributed by atoms with Gasteiger partial charge in [-0.25, -0.2) is 0 Å². The van der Waals surface area contributed by atoms with E-state index in [2.05, 4.69) is 0 Å². The smallest absolute Gasteiger partial charge is 0.0860 e. The third-order valence-electron chi connectivity index (χ3n) is 1.12. The summed E-state index contributed by atoms with van der Waals surface area (Å²) < 4.78 is 0. The first-order chi connectivity index (χ1) is 4.20. The van der Waals surface area contributed by atoms with Gasteiger partial charge >= 0.3 is 0 Å². The lowest BCUT2D eigenvalue weighted by molar-refractivity contribution is 0.200. The van der Waals surface area contributed by atoms with E-state index in [1.165, 1.54) is 11.3 Å². The van der Waals surface area contributed by atoms with Crippen LogP contribution in [0.5, 0.6) is 0 Å². The van der Waals surface area contributed by atoms with E-state index < -0.39 is 6.10 Å². The molecule has 0 saturated carbocycles. The quantitative estimate of drug-likeness (QED) is 0.624. The van der Waals surface area contributed by atoms with Gasteiger partial charge in [-0.3, -0.25) is 0 Å². The summed E-state index contributed by atoms with van der Waals surface area (Å²) in [4.78, 5) is 0. The molecule has 2 nitrogen and oxygen atoms in total. The Morgan fingerprint density at radius 2 is 2.44 bits per heavy atom. The number of anilines is 1. The molecular weight excluding hydrogens is 134 g/mol. The van der Waals surface area contributed by atoms with E-state index in [1.54, 1.807) is 13.0 Å². The molecule has 1 unspecified atom stereocenters. The molecule has 0 fully saturated rings. The minimum atomic E-state index is -0.390. The largest absolute Gasteiger partial charge is 0.391 e. The van der Waals surface area contributed by atoms with Gasteiger partial charge in [-0.1, -0.05) is 0 Å². The van der Waals surface area contributed by atoms with Gasteiger partial charge in [0.1, 0.15) is 0 Å². The first-order valence-corrected chi connectivity index (χ1v) is 3.60. The van der Waals surface area contributed by atoms with Gasteiger partial charge in [0.05, 0.1) is 11.1 Å². The summed E-state index contributed by atoms with van der Waals surface area (Å²) in [5.74, 6) is 0. The minimum Gasteiger partial charge on any atom is -0.391 e. The predicted molar refractivity (Wildman–Crippen MR) is 39.4 cm³/mol. The zero-order chi connectivity index (χ0) is 6.85. The van der Waals surface area contributed by atoms with E-state index in [-0.39, 0.29) is 0 Å². The Kier molecular flexibility index (Phi) is 1.73. The number of thiophene rings is 1. The highest BCUT2D eigenvalue weighted by atomic mass is 32.1. The number of aliphatic hydroxyl groups is 1. The monoisotopic (exact) mass is 143 g/mol. The van der Waals surface area contributed by atoms with Crippen molar-refractivity contribution in [2.75, 3.05) is 5.73 Å². The number of aliphatic hydroxyl groups excluding tert-OH is 1. The molecule has 9 heavy (non-hydrogen) atoms. The van der Waals surface area contributed by atoms with Crippen molar-refractivity contribution in [1.29, 1.82) is 0 Å². The number of hydrogen-bond acceptors (Lipinski definition) is 3.